The van der Waals surface area contributed by atoms with E-state index in [2.05, 4.69) is 21.2 Å². The first-order valence-corrected chi connectivity index (χ1v) is 7.37. The molecule has 0 saturated carbocycles. The number of fused-ring (bicyclic) bond motifs is 2. The minimum absolute atomic E-state index is 0.260. The fourth-order valence-corrected chi connectivity index (χ4v) is 4.09. The van der Waals surface area contributed by atoms with Gasteiger partial charge in [0.05, 0.1) is 0 Å². The second kappa shape index (κ2) is 4.64. The van der Waals surface area contributed by atoms with Crippen LogP contribution >= 0.6 is 11.5 Å². The average molecular weight is 281 g/mol. The summed E-state index contributed by atoms with van der Waals surface area (Å²) in [6, 6.07) is 1.22. The zero-order valence-corrected chi connectivity index (χ0v) is 11.8. The molecule has 1 aromatic rings. The Morgan fingerprint density at radius 2 is 2.11 bits per heavy atom. The van der Waals surface area contributed by atoms with Crippen molar-refractivity contribution in [2.24, 2.45) is 5.73 Å². The minimum Gasteiger partial charge on any atom is -0.382 e. The molecule has 104 valence electrons. The third kappa shape index (κ3) is 2.06. The number of amides is 1. The van der Waals surface area contributed by atoms with Gasteiger partial charge < -0.3 is 16.4 Å². The normalized spacial score (nSPS) is 27.5. The highest BCUT2D eigenvalue weighted by molar-refractivity contribution is 7.11. The molecular weight excluding hydrogens is 262 g/mol. The molecule has 0 aliphatic carbocycles. The van der Waals surface area contributed by atoms with E-state index in [1.165, 1.54) is 24.4 Å². The molecule has 19 heavy (non-hydrogen) atoms. The highest BCUT2D eigenvalue weighted by Gasteiger charge is 2.36. The van der Waals surface area contributed by atoms with Crippen molar-refractivity contribution in [3.8, 4) is 0 Å². The van der Waals surface area contributed by atoms with Gasteiger partial charge in [0, 0.05) is 25.2 Å². The summed E-state index contributed by atoms with van der Waals surface area (Å²) in [5.74, 6) is -0.223. The van der Waals surface area contributed by atoms with Gasteiger partial charge in [0.25, 0.3) is 5.91 Å². The molecule has 0 aromatic carbocycles. The lowest BCUT2D eigenvalue weighted by Gasteiger charge is -2.26. The standard InChI is InChI=1S/C12H19N5OS/c1-16-7-2-3-8(16)6-17(5-4-7)12-9(11(14)18)10(13)15-19-12/h7-8H,2-6H2,1H3,(H2,13,15)(H2,14,18). The van der Waals surface area contributed by atoms with E-state index < -0.39 is 5.91 Å². The molecule has 2 atom stereocenters. The maximum Gasteiger partial charge on any atom is 0.255 e. The van der Waals surface area contributed by atoms with Crippen molar-refractivity contribution >= 4 is 28.3 Å². The number of carbonyl (C=O) groups is 1. The average Bonchev–Trinajstić information content (AvgIpc) is 2.81. The van der Waals surface area contributed by atoms with Gasteiger partial charge in [-0.3, -0.25) is 9.69 Å². The Labute approximate surface area is 116 Å². The monoisotopic (exact) mass is 281 g/mol. The maximum absolute atomic E-state index is 11.5. The molecule has 2 aliphatic rings. The van der Waals surface area contributed by atoms with Crippen molar-refractivity contribution in [1.29, 1.82) is 0 Å². The van der Waals surface area contributed by atoms with E-state index in [1.807, 2.05) is 0 Å². The summed E-state index contributed by atoms with van der Waals surface area (Å²) in [6.07, 6.45) is 3.61. The van der Waals surface area contributed by atoms with E-state index in [0.29, 0.717) is 17.6 Å². The van der Waals surface area contributed by atoms with E-state index in [1.54, 1.807) is 0 Å². The highest BCUT2D eigenvalue weighted by atomic mass is 32.1. The van der Waals surface area contributed by atoms with Crippen LogP contribution < -0.4 is 16.4 Å². The van der Waals surface area contributed by atoms with Crippen molar-refractivity contribution in [1.82, 2.24) is 9.27 Å². The molecule has 2 fully saturated rings. The van der Waals surface area contributed by atoms with Gasteiger partial charge in [-0.05, 0) is 37.8 Å². The number of primary amides is 1. The topological polar surface area (TPSA) is 88.5 Å². The van der Waals surface area contributed by atoms with Crippen LogP contribution in [0.2, 0.25) is 0 Å². The van der Waals surface area contributed by atoms with Crippen molar-refractivity contribution in [3.05, 3.63) is 5.56 Å². The number of likely N-dealkylation sites (N-methyl/N-ethyl adjacent to an activating group) is 1. The largest absolute Gasteiger partial charge is 0.382 e. The lowest BCUT2D eigenvalue weighted by atomic mass is 10.1. The van der Waals surface area contributed by atoms with Crippen LogP contribution in [0.15, 0.2) is 0 Å². The lowest BCUT2D eigenvalue weighted by Crippen LogP contribution is -2.37. The summed E-state index contributed by atoms with van der Waals surface area (Å²) >= 11 is 1.28. The quantitative estimate of drug-likeness (QED) is 0.824. The van der Waals surface area contributed by atoms with Gasteiger partial charge in [-0.25, -0.2) is 0 Å². The van der Waals surface area contributed by atoms with Crippen LogP contribution in [0.3, 0.4) is 0 Å². The zero-order valence-electron chi connectivity index (χ0n) is 11.0. The molecule has 2 saturated heterocycles. The summed E-state index contributed by atoms with van der Waals surface area (Å²) in [5.41, 5.74) is 11.6. The molecule has 6 nitrogen and oxygen atoms in total. The van der Waals surface area contributed by atoms with Gasteiger partial charge >= 0.3 is 0 Å². The predicted octanol–water partition coefficient (Wildman–Crippen LogP) is 0.497. The third-order valence-electron chi connectivity index (χ3n) is 4.38. The summed E-state index contributed by atoms with van der Waals surface area (Å²) < 4.78 is 4.09. The first-order chi connectivity index (χ1) is 9.08. The first-order valence-electron chi connectivity index (χ1n) is 6.59. The second-order valence-corrected chi connectivity index (χ2v) is 6.15. The van der Waals surface area contributed by atoms with Crippen molar-refractivity contribution < 1.29 is 4.79 Å². The van der Waals surface area contributed by atoms with Crippen LogP contribution in [-0.2, 0) is 0 Å². The SMILES string of the molecule is CN1C2CCC1CN(c1snc(N)c1C(N)=O)CC2. The summed E-state index contributed by atoms with van der Waals surface area (Å²) in [4.78, 5) is 16.2. The minimum atomic E-state index is -0.482. The van der Waals surface area contributed by atoms with Crippen molar-refractivity contribution in [3.63, 3.8) is 0 Å². The smallest absolute Gasteiger partial charge is 0.255 e. The molecular formula is C12H19N5OS. The molecule has 0 spiro atoms. The molecule has 2 unspecified atom stereocenters. The van der Waals surface area contributed by atoms with Crippen LogP contribution in [0.1, 0.15) is 29.6 Å². The zero-order chi connectivity index (χ0) is 13.6. The number of nitrogen functional groups attached to an aromatic ring is 1. The number of rotatable bonds is 2. The lowest BCUT2D eigenvalue weighted by molar-refractivity contribution is 0.100. The molecule has 2 aliphatic heterocycles. The number of aromatic nitrogens is 1. The Bertz CT molecular complexity index is 502. The number of hydrogen-bond acceptors (Lipinski definition) is 6. The number of carbonyl (C=O) groups excluding carboxylic acids is 1. The van der Waals surface area contributed by atoms with Gasteiger partial charge in [0.2, 0.25) is 0 Å². The fourth-order valence-electron chi connectivity index (χ4n) is 3.23. The molecule has 3 rings (SSSR count). The van der Waals surface area contributed by atoms with Crippen LogP contribution in [0.4, 0.5) is 10.8 Å². The van der Waals surface area contributed by atoms with E-state index in [9.17, 15) is 4.79 Å². The van der Waals surface area contributed by atoms with Gasteiger partial charge in [0.15, 0.2) is 5.82 Å². The number of nitrogens with zero attached hydrogens (tertiary/aromatic N) is 3. The summed E-state index contributed by atoms with van der Waals surface area (Å²) in [5, 5.41) is 0.839. The maximum atomic E-state index is 11.5. The number of nitrogens with two attached hydrogens (primary N) is 2. The van der Waals surface area contributed by atoms with Gasteiger partial charge in [-0.2, -0.15) is 4.37 Å². The van der Waals surface area contributed by atoms with E-state index in [0.717, 1.165) is 24.5 Å². The van der Waals surface area contributed by atoms with Gasteiger partial charge in [0.1, 0.15) is 10.6 Å². The van der Waals surface area contributed by atoms with E-state index >= 15 is 0 Å². The molecule has 7 heteroatoms. The molecule has 2 bridgehead atoms. The summed E-state index contributed by atoms with van der Waals surface area (Å²) in [6.45, 7) is 1.86. The highest BCUT2D eigenvalue weighted by Crippen LogP contribution is 2.35. The Hall–Kier alpha value is -1.34. The molecule has 1 aromatic heterocycles. The molecule has 1 amide bonds. The Balaban J connectivity index is 1.89. The molecule has 4 N–H and O–H groups in total. The summed E-state index contributed by atoms with van der Waals surface area (Å²) in [7, 11) is 2.20. The van der Waals surface area contributed by atoms with E-state index in [4.69, 9.17) is 11.5 Å². The van der Waals surface area contributed by atoms with Gasteiger partial charge in [-0.15, -0.1) is 0 Å². The van der Waals surface area contributed by atoms with Crippen molar-refractivity contribution in [2.75, 3.05) is 30.8 Å². The first kappa shape index (κ1) is 12.7. The molecule has 3 heterocycles. The van der Waals surface area contributed by atoms with Crippen LogP contribution in [0, 0.1) is 0 Å². The number of hydrogen-bond donors (Lipinski definition) is 2. The fraction of sp³-hybridized carbons (Fsp3) is 0.667. The van der Waals surface area contributed by atoms with Crippen LogP contribution in [-0.4, -0.2) is 47.4 Å². The Morgan fingerprint density at radius 3 is 2.84 bits per heavy atom. The van der Waals surface area contributed by atoms with E-state index in [-0.39, 0.29) is 5.82 Å². The Kier molecular flexibility index (Phi) is 3.10. The Morgan fingerprint density at radius 1 is 1.37 bits per heavy atom. The predicted molar refractivity (Wildman–Crippen MR) is 76.4 cm³/mol. The molecule has 0 radical (unpaired) electrons. The third-order valence-corrected chi connectivity index (χ3v) is 5.31. The van der Waals surface area contributed by atoms with Crippen LogP contribution in [0.5, 0.6) is 0 Å². The number of anilines is 2. The van der Waals surface area contributed by atoms with Gasteiger partial charge in [-0.1, -0.05) is 0 Å². The van der Waals surface area contributed by atoms with Crippen LogP contribution in [0.25, 0.3) is 0 Å². The van der Waals surface area contributed by atoms with Crippen molar-refractivity contribution in [2.45, 2.75) is 31.3 Å². The second-order valence-electron chi connectivity index (χ2n) is 5.40.